The third kappa shape index (κ3) is 2.85. The SMILES string of the molecule is Cn1cc(Nc2cc(Br)cc(C(=O)O)c2)cn1. The number of benzene rings is 1. The summed E-state index contributed by atoms with van der Waals surface area (Å²) in [5.74, 6) is -0.958. The van der Waals surface area contributed by atoms with Crippen molar-refractivity contribution in [2.24, 2.45) is 7.05 Å². The fourth-order valence-electron chi connectivity index (χ4n) is 1.44. The van der Waals surface area contributed by atoms with Gasteiger partial charge in [0.05, 0.1) is 17.4 Å². The molecule has 0 unspecified atom stereocenters. The van der Waals surface area contributed by atoms with Crippen LogP contribution in [0.5, 0.6) is 0 Å². The lowest BCUT2D eigenvalue weighted by atomic mass is 10.2. The highest BCUT2D eigenvalue weighted by Crippen LogP contribution is 2.22. The summed E-state index contributed by atoms with van der Waals surface area (Å²) in [4.78, 5) is 10.9. The number of carbonyl (C=O) groups is 1. The van der Waals surface area contributed by atoms with Crippen molar-refractivity contribution in [1.82, 2.24) is 9.78 Å². The highest BCUT2D eigenvalue weighted by Gasteiger charge is 2.06. The average molecular weight is 296 g/mol. The third-order valence-electron chi connectivity index (χ3n) is 2.14. The highest BCUT2D eigenvalue weighted by atomic mass is 79.9. The van der Waals surface area contributed by atoms with Crippen molar-refractivity contribution >= 4 is 33.3 Å². The summed E-state index contributed by atoms with van der Waals surface area (Å²) < 4.78 is 2.38. The van der Waals surface area contributed by atoms with Crippen molar-refractivity contribution in [1.29, 1.82) is 0 Å². The number of aryl methyl sites for hydroxylation is 1. The van der Waals surface area contributed by atoms with Crippen LogP contribution < -0.4 is 5.32 Å². The van der Waals surface area contributed by atoms with E-state index in [2.05, 4.69) is 26.3 Å². The van der Waals surface area contributed by atoms with Crippen LogP contribution in [0.3, 0.4) is 0 Å². The monoisotopic (exact) mass is 295 g/mol. The Bertz CT molecular complexity index is 566. The average Bonchev–Trinajstić information content (AvgIpc) is 2.63. The van der Waals surface area contributed by atoms with Gasteiger partial charge in [-0.05, 0) is 18.2 Å². The molecule has 2 aromatic rings. The number of hydrogen-bond donors (Lipinski definition) is 2. The van der Waals surface area contributed by atoms with Crippen LogP contribution in [0.25, 0.3) is 0 Å². The summed E-state index contributed by atoms with van der Waals surface area (Å²) in [6.45, 7) is 0. The summed E-state index contributed by atoms with van der Waals surface area (Å²) in [6, 6.07) is 4.93. The quantitative estimate of drug-likeness (QED) is 0.913. The Morgan fingerprint density at radius 2 is 2.18 bits per heavy atom. The topological polar surface area (TPSA) is 67.2 Å². The Labute approximate surface area is 106 Å². The molecule has 6 heteroatoms. The Hall–Kier alpha value is -1.82. The van der Waals surface area contributed by atoms with Crippen molar-refractivity contribution in [2.75, 3.05) is 5.32 Å². The molecule has 0 saturated carbocycles. The first kappa shape index (κ1) is 11.7. The first-order valence-corrected chi connectivity index (χ1v) is 5.63. The fraction of sp³-hybridized carbons (Fsp3) is 0.0909. The van der Waals surface area contributed by atoms with Gasteiger partial charge in [0.15, 0.2) is 0 Å². The number of halogens is 1. The Morgan fingerprint density at radius 3 is 2.76 bits per heavy atom. The van der Waals surface area contributed by atoms with Gasteiger partial charge >= 0.3 is 5.97 Å². The van der Waals surface area contributed by atoms with E-state index in [-0.39, 0.29) is 5.56 Å². The first-order valence-electron chi connectivity index (χ1n) is 4.84. The van der Waals surface area contributed by atoms with Gasteiger partial charge in [-0.3, -0.25) is 4.68 Å². The number of nitrogens with zero attached hydrogens (tertiary/aromatic N) is 2. The summed E-state index contributed by atoms with van der Waals surface area (Å²) >= 11 is 3.28. The van der Waals surface area contributed by atoms with Crippen molar-refractivity contribution in [3.8, 4) is 0 Å². The van der Waals surface area contributed by atoms with Gasteiger partial charge in [-0.1, -0.05) is 15.9 Å². The second-order valence-corrected chi connectivity index (χ2v) is 4.48. The van der Waals surface area contributed by atoms with Crippen LogP contribution in [0.2, 0.25) is 0 Å². The molecule has 0 amide bonds. The van der Waals surface area contributed by atoms with Crippen LogP contribution in [0.4, 0.5) is 11.4 Å². The number of carboxylic acid groups (broad SMARTS) is 1. The van der Waals surface area contributed by atoms with Gasteiger partial charge in [-0.15, -0.1) is 0 Å². The maximum Gasteiger partial charge on any atom is 0.335 e. The zero-order valence-electron chi connectivity index (χ0n) is 9.01. The smallest absolute Gasteiger partial charge is 0.335 e. The lowest BCUT2D eigenvalue weighted by Crippen LogP contribution is -1.98. The van der Waals surface area contributed by atoms with Crippen LogP contribution in [0, 0.1) is 0 Å². The van der Waals surface area contributed by atoms with E-state index in [4.69, 9.17) is 5.11 Å². The van der Waals surface area contributed by atoms with Crippen LogP contribution in [0.1, 0.15) is 10.4 Å². The van der Waals surface area contributed by atoms with Gasteiger partial charge in [0.2, 0.25) is 0 Å². The number of aromatic nitrogens is 2. The van der Waals surface area contributed by atoms with E-state index in [0.717, 1.165) is 5.69 Å². The van der Waals surface area contributed by atoms with Gasteiger partial charge in [-0.2, -0.15) is 5.10 Å². The standard InChI is InChI=1S/C11H10BrN3O2/c1-15-6-10(5-13-15)14-9-3-7(11(16)17)2-8(12)4-9/h2-6,14H,1H3,(H,16,17). The largest absolute Gasteiger partial charge is 0.478 e. The molecule has 0 spiro atoms. The zero-order chi connectivity index (χ0) is 12.4. The molecule has 0 atom stereocenters. The molecule has 0 aliphatic carbocycles. The van der Waals surface area contributed by atoms with E-state index >= 15 is 0 Å². The molecule has 17 heavy (non-hydrogen) atoms. The predicted molar refractivity (Wildman–Crippen MR) is 67.6 cm³/mol. The molecule has 0 bridgehead atoms. The molecule has 5 nitrogen and oxygen atoms in total. The molecule has 1 heterocycles. The molecular weight excluding hydrogens is 286 g/mol. The minimum absolute atomic E-state index is 0.228. The van der Waals surface area contributed by atoms with Crippen LogP contribution >= 0.6 is 15.9 Å². The number of nitrogens with one attached hydrogen (secondary N) is 1. The lowest BCUT2D eigenvalue weighted by molar-refractivity contribution is 0.0697. The Morgan fingerprint density at radius 1 is 1.41 bits per heavy atom. The Kier molecular flexibility index (Phi) is 3.14. The minimum Gasteiger partial charge on any atom is -0.478 e. The van der Waals surface area contributed by atoms with E-state index in [1.54, 1.807) is 35.3 Å². The van der Waals surface area contributed by atoms with Gasteiger partial charge in [0, 0.05) is 23.4 Å². The molecule has 1 aromatic heterocycles. The van der Waals surface area contributed by atoms with E-state index in [1.807, 2.05) is 7.05 Å². The summed E-state index contributed by atoms with van der Waals surface area (Å²) in [7, 11) is 1.81. The summed E-state index contributed by atoms with van der Waals surface area (Å²) in [5, 5.41) is 16.0. The van der Waals surface area contributed by atoms with Gasteiger partial charge in [0.25, 0.3) is 0 Å². The van der Waals surface area contributed by atoms with E-state index in [1.165, 1.54) is 0 Å². The second-order valence-electron chi connectivity index (χ2n) is 3.56. The van der Waals surface area contributed by atoms with E-state index in [0.29, 0.717) is 10.2 Å². The maximum absolute atomic E-state index is 10.9. The number of hydrogen-bond acceptors (Lipinski definition) is 3. The number of carboxylic acids is 1. The molecule has 0 radical (unpaired) electrons. The number of rotatable bonds is 3. The van der Waals surface area contributed by atoms with Crippen molar-refractivity contribution in [3.05, 3.63) is 40.6 Å². The molecule has 0 aliphatic rings. The normalized spacial score (nSPS) is 10.2. The second kappa shape index (κ2) is 4.58. The van der Waals surface area contributed by atoms with E-state index in [9.17, 15) is 4.79 Å². The summed E-state index contributed by atoms with van der Waals surface area (Å²) in [6.07, 6.45) is 3.47. The van der Waals surface area contributed by atoms with Crippen LogP contribution in [-0.2, 0) is 7.05 Å². The molecule has 0 saturated heterocycles. The third-order valence-corrected chi connectivity index (χ3v) is 2.60. The number of anilines is 2. The molecule has 0 aliphatic heterocycles. The molecule has 2 rings (SSSR count). The highest BCUT2D eigenvalue weighted by molar-refractivity contribution is 9.10. The van der Waals surface area contributed by atoms with Gasteiger partial charge < -0.3 is 10.4 Å². The zero-order valence-corrected chi connectivity index (χ0v) is 10.6. The predicted octanol–water partition coefficient (Wildman–Crippen LogP) is 2.62. The Balaban J connectivity index is 2.29. The molecule has 2 N–H and O–H groups in total. The number of aromatic carboxylic acids is 1. The van der Waals surface area contributed by atoms with Crippen molar-refractivity contribution in [2.45, 2.75) is 0 Å². The minimum atomic E-state index is -0.958. The fourth-order valence-corrected chi connectivity index (χ4v) is 1.93. The summed E-state index contributed by atoms with van der Waals surface area (Å²) in [5.41, 5.74) is 1.73. The van der Waals surface area contributed by atoms with Gasteiger partial charge in [-0.25, -0.2) is 4.79 Å². The molecule has 1 aromatic carbocycles. The molecule has 0 fully saturated rings. The molecular formula is C11H10BrN3O2. The van der Waals surface area contributed by atoms with Gasteiger partial charge in [0.1, 0.15) is 0 Å². The van der Waals surface area contributed by atoms with Crippen LogP contribution in [0.15, 0.2) is 35.1 Å². The molecule has 88 valence electrons. The first-order chi connectivity index (χ1) is 8.04. The van der Waals surface area contributed by atoms with E-state index < -0.39 is 5.97 Å². The van der Waals surface area contributed by atoms with Crippen molar-refractivity contribution < 1.29 is 9.90 Å². The van der Waals surface area contributed by atoms with Crippen LogP contribution in [-0.4, -0.2) is 20.9 Å². The maximum atomic E-state index is 10.9. The van der Waals surface area contributed by atoms with Crippen molar-refractivity contribution in [3.63, 3.8) is 0 Å². The lowest BCUT2D eigenvalue weighted by Gasteiger charge is -2.05.